The number of rotatable bonds is 3. The normalized spacial score (nSPS) is 10.8. The van der Waals surface area contributed by atoms with Gasteiger partial charge in [0.15, 0.2) is 0 Å². The van der Waals surface area contributed by atoms with Crippen molar-refractivity contribution in [2.24, 2.45) is 0 Å². The average Bonchev–Trinajstić information content (AvgIpc) is 2.84. The van der Waals surface area contributed by atoms with Crippen molar-refractivity contribution in [1.82, 2.24) is 15.3 Å². The van der Waals surface area contributed by atoms with Crippen molar-refractivity contribution in [3.05, 3.63) is 68.8 Å². The molecular formula is C15H11ClFN3O2. The Hall–Kier alpha value is -2.60. The Balaban J connectivity index is 1.75. The Bertz CT molecular complexity index is 917. The lowest BCUT2D eigenvalue weighted by molar-refractivity contribution is 0.0951. The smallest absolute Gasteiger partial charge is 0.323 e. The predicted molar refractivity (Wildman–Crippen MR) is 81.5 cm³/mol. The Kier molecular flexibility index (Phi) is 3.68. The van der Waals surface area contributed by atoms with E-state index in [1.807, 2.05) is 0 Å². The highest BCUT2D eigenvalue weighted by molar-refractivity contribution is 6.33. The fourth-order valence-electron chi connectivity index (χ4n) is 2.14. The summed E-state index contributed by atoms with van der Waals surface area (Å²) in [7, 11) is 0. The molecule has 112 valence electrons. The number of nitrogens with one attached hydrogen (secondary N) is 3. The monoisotopic (exact) mass is 319 g/mol. The van der Waals surface area contributed by atoms with Crippen LogP contribution in [0.25, 0.3) is 11.0 Å². The van der Waals surface area contributed by atoms with Crippen molar-refractivity contribution in [1.29, 1.82) is 0 Å². The third-order valence-electron chi connectivity index (χ3n) is 3.21. The molecule has 0 atom stereocenters. The number of aromatic amines is 2. The second-order valence-electron chi connectivity index (χ2n) is 4.77. The number of fused-ring (bicyclic) bond motifs is 1. The molecule has 22 heavy (non-hydrogen) atoms. The van der Waals surface area contributed by atoms with E-state index in [0.717, 1.165) is 11.6 Å². The topological polar surface area (TPSA) is 77.8 Å². The van der Waals surface area contributed by atoms with Gasteiger partial charge in [-0.15, -0.1) is 0 Å². The van der Waals surface area contributed by atoms with E-state index in [1.165, 1.54) is 12.1 Å². The van der Waals surface area contributed by atoms with Gasteiger partial charge in [-0.3, -0.25) is 4.79 Å². The summed E-state index contributed by atoms with van der Waals surface area (Å²) >= 11 is 5.84. The van der Waals surface area contributed by atoms with E-state index in [9.17, 15) is 14.0 Å². The van der Waals surface area contributed by atoms with Gasteiger partial charge >= 0.3 is 5.69 Å². The molecule has 0 radical (unpaired) electrons. The molecule has 2 aromatic carbocycles. The number of H-pyrrole nitrogens is 2. The molecule has 1 heterocycles. The molecule has 0 bridgehead atoms. The van der Waals surface area contributed by atoms with Crippen molar-refractivity contribution < 1.29 is 9.18 Å². The SMILES string of the molecule is O=C(NCc1ccc2[nH]c(=O)[nH]c2c1)c1ccc(F)cc1Cl. The second-order valence-corrected chi connectivity index (χ2v) is 5.17. The Morgan fingerprint density at radius 1 is 1.14 bits per heavy atom. The fraction of sp³-hybridized carbons (Fsp3) is 0.0667. The van der Waals surface area contributed by atoms with Gasteiger partial charge in [0, 0.05) is 6.54 Å². The van der Waals surface area contributed by atoms with Crippen LogP contribution in [0, 0.1) is 5.82 Å². The van der Waals surface area contributed by atoms with Gasteiger partial charge in [0.25, 0.3) is 5.91 Å². The van der Waals surface area contributed by atoms with E-state index in [1.54, 1.807) is 18.2 Å². The predicted octanol–water partition coefficient (Wildman–Crippen LogP) is 2.58. The molecule has 0 saturated heterocycles. The first-order valence-corrected chi connectivity index (χ1v) is 6.85. The number of hydrogen-bond acceptors (Lipinski definition) is 2. The highest BCUT2D eigenvalue weighted by Crippen LogP contribution is 2.17. The van der Waals surface area contributed by atoms with Gasteiger partial charge in [0.2, 0.25) is 0 Å². The van der Waals surface area contributed by atoms with E-state index >= 15 is 0 Å². The molecule has 3 aromatic rings. The lowest BCUT2D eigenvalue weighted by Crippen LogP contribution is -2.23. The molecule has 0 aliphatic carbocycles. The van der Waals surface area contributed by atoms with Crippen LogP contribution in [0.4, 0.5) is 4.39 Å². The first kappa shape index (κ1) is 14.3. The number of benzene rings is 2. The number of hydrogen-bond donors (Lipinski definition) is 3. The minimum absolute atomic E-state index is 0.0583. The van der Waals surface area contributed by atoms with Gasteiger partial charge in [-0.2, -0.15) is 0 Å². The second kappa shape index (κ2) is 5.65. The Labute approximate surface area is 129 Å². The van der Waals surface area contributed by atoms with Crippen LogP contribution < -0.4 is 11.0 Å². The quantitative estimate of drug-likeness (QED) is 0.694. The molecule has 1 amide bonds. The van der Waals surface area contributed by atoms with E-state index in [2.05, 4.69) is 15.3 Å². The van der Waals surface area contributed by atoms with Crippen LogP contribution in [-0.4, -0.2) is 15.9 Å². The molecule has 0 unspecified atom stereocenters. The number of carbonyl (C=O) groups is 1. The number of carbonyl (C=O) groups excluding carboxylic acids is 1. The average molecular weight is 320 g/mol. The minimum Gasteiger partial charge on any atom is -0.348 e. The van der Waals surface area contributed by atoms with Gasteiger partial charge in [-0.05, 0) is 35.9 Å². The lowest BCUT2D eigenvalue weighted by Gasteiger charge is -2.07. The molecule has 3 N–H and O–H groups in total. The first-order chi connectivity index (χ1) is 10.5. The maximum atomic E-state index is 13.0. The third kappa shape index (κ3) is 2.87. The largest absolute Gasteiger partial charge is 0.348 e. The number of amides is 1. The molecule has 3 rings (SSSR count). The van der Waals surface area contributed by atoms with Crippen molar-refractivity contribution in [3.8, 4) is 0 Å². The van der Waals surface area contributed by atoms with Gasteiger partial charge in [0.05, 0.1) is 21.6 Å². The molecule has 0 aliphatic rings. The minimum atomic E-state index is -0.497. The lowest BCUT2D eigenvalue weighted by atomic mass is 10.1. The Morgan fingerprint density at radius 2 is 1.91 bits per heavy atom. The molecule has 5 nitrogen and oxygen atoms in total. The number of halogens is 2. The zero-order valence-corrected chi connectivity index (χ0v) is 12.0. The molecule has 0 saturated carbocycles. The van der Waals surface area contributed by atoms with Gasteiger partial charge in [0.1, 0.15) is 5.82 Å². The maximum Gasteiger partial charge on any atom is 0.323 e. The highest BCUT2D eigenvalue weighted by Gasteiger charge is 2.11. The molecule has 1 aromatic heterocycles. The number of aromatic nitrogens is 2. The van der Waals surface area contributed by atoms with Crippen LogP contribution in [0.1, 0.15) is 15.9 Å². The third-order valence-corrected chi connectivity index (χ3v) is 3.52. The van der Waals surface area contributed by atoms with E-state index in [4.69, 9.17) is 11.6 Å². The molecule has 0 fully saturated rings. The van der Waals surface area contributed by atoms with Crippen LogP contribution in [0.5, 0.6) is 0 Å². The Morgan fingerprint density at radius 3 is 2.68 bits per heavy atom. The van der Waals surface area contributed by atoms with E-state index in [0.29, 0.717) is 11.0 Å². The van der Waals surface area contributed by atoms with Crippen LogP contribution in [0.3, 0.4) is 0 Å². The summed E-state index contributed by atoms with van der Waals surface area (Å²) in [6.45, 7) is 0.260. The maximum absolute atomic E-state index is 13.0. The van der Waals surface area contributed by atoms with Gasteiger partial charge < -0.3 is 15.3 Å². The summed E-state index contributed by atoms with van der Waals surface area (Å²) in [6.07, 6.45) is 0. The summed E-state index contributed by atoms with van der Waals surface area (Å²) in [5.74, 6) is -0.893. The van der Waals surface area contributed by atoms with E-state index < -0.39 is 11.7 Å². The summed E-state index contributed by atoms with van der Waals surface area (Å²) < 4.78 is 13.0. The van der Waals surface area contributed by atoms with Crippen LogP contribution in [-0.2, 0) is 6.54 Å². The first-order valence-electron chi connectivity index (χ1n) is 6.47. The summed E-state index contributed by atoms with van der Waals surface area (Å²) in [4.78, 5) is 28.5. The van der Waals surface area contributed by atoms with Gasteiger partial charge in [-0.25, -0.2) is 9.18 Å². The molecular weight excluding hydrogens is 309 g/mol. The van der Waals surface area contributed by atoms with Crippen LogP contribution in [0.15, 0.2) is 41.2 Å². The summed E-state index contributed by atoms with van der Waals surface area (Å²) in [5, 5.41) is 2.76. The fourth-order valence-corrected chi connectivity index (χ4v) is 2.39. The van der Waals surface area contributed by atoms with Gasteiger partial charge in [-0.1, -0.05) is 17.7 Å². The molecule has 7 heteroatoms. The van der Waals surface area contributed by atoms with Crippen molar-refractivity contribution >= 4 is 28.5 Å². The number of imidazole rings is 1. The van der Waals surface area contributed by atoms with Crippen LogP contribution >= 0.6 is 11.6 Å². The zero-order valence-electron chi connectivity index (χ0n) is 11.2. The van der Waals surface area contributed by atoms with Crippen molar-refractivity contribution in [2.75, 3.05) is 0 Å². The highest BCUT2D eigenvalue weighted by atomic mass is 35.5. The summed E-state index contributed by atoms with van der Waals surface area (Å²) in [6, 6.07) is 8.91. The van der Waals surface area contributed by atoms with Crippen molar-refractivity contribution in [2.45, 2.75) is 6.54 Å². The molecule has 0 aliphatic heterocycles. The van der Waals surface area contributed by atoms with Crippen LogP contribution in [0.2, 0.25) is 5.02 Å². The zero-order chi connectivity index (χ0) is 15.7. The molecule has 0 spiro atoms. The van der Waals surface area contributed by atoms with E-state index in [-0.39, 0.29) is 22.8 Å². The van der Waals surface area contributed by atoms with Crippen molar-refractivity contribution in [3.63, 3.8) is 0 Å². The standard InChI is InChI=1S/C15H11ClFN3O2/c16-11-6-9(17)2-3-10(11)14(21)18-7-8-1-4-12-13(5-8)20-15(22)19-12/h1-6H,7H2,(H,18,21)(H2,19,20,22). The summed E-state index contributed by atoms with van der Waals surface area (Å²) in [5.41, 5.74) is 2.10.